The smallest absolute Gasteiger partial charge is 0.242 e. The van der Waals surface area contributed by atoms with Gasteiger partial charge in [0.1, 0.15) is 23.2 Å². The highest BCUT2D eigenvalue weighted by Gasteiger charge is 2.43. The van der Waals surface area contributed by atoms with Crippen LogP contribution in [0.15, 0.2) is 48.5 Å². The zero-order valence-electron chi connectivity index (χ0n) is 25.4. The lowest BCUT2D eigenvalue weighted by Crippen LogP contribution is -2.61. The Morgan fingerprint density at radius 1 is 1.04 bits per heavy atom. The van der Waals surface area contributed by atoms with E-state index in [1.165, 1.54) is 0 Å². The molecule has 242 valence electrons. The lowest BCUT2D eigenvalue weighted by atomic mass is 9.85. The van der Waals surface area contributed by atoms with Crippen molar-refractivity contribution in [1.82, 2.24) is 29.7 Å². The summed E-state index contributed by atoms with van der Waals surface area (Å²) < 4.78 is 1.82. The van der Waals surface area contributed by atoms with Crippen molar-refractivity contribution in [3.63, 3.8) is 0 Å². The van der Waals surface area contributed by atoms with Crippen LogP contribution >= 0.6 is 23.2 Å². The summed E-state index contributed by atoms with van der Waals surface area (Å²) in [7, 11) is 1.88. The van der Waals surface area contributed by atoms with Crippen molar-refractivity contribution in [3.05, 3.63) is 64.4 Å². The molecule has 0 spiro atoms. The number of halogens is 2. The lowest BCUT2D eigenvalue weighted by Gasteiger charge is -2.45. The minimum Gasteiger partial charge on any atom is -0.394 e. The van der Waals surface area contributed by atoms with Gasteiger partial charge in [-0.3, -0.25) is 23.9 Å². The fraction of sp³-hybridized carbons (Fsp3) is 0.355. The predicted octanol–water partition coefficient (Wildman–Crippen LogP) is 2.07. The molecule has 1 aliphatic rings. The third-order valence-electron chi connectivity index (χ3n) is 8.47. The number of carbonyl (C=O) groups is 3. The zero-order chi connectivity index (χ0) is 33.2. The quantitative estimate of drug-likeness (QED) is 0.186. The third kappa shape index (κ3) is 6.36. The summed E-state index contributed by atoms with van der Waals surface area (Å²) in [6, 6.07) is 13.1. The van der Waals surface area contributed by atoms with E-state index in [4.69, 9.17) is 49.6 Å². The van der Waals surface area contributed by atoms with Crippen LogP contribution in [0.4, 0.5) is 5.82 Å². The van der Waals surface area contributed by atoms with Gasteiger partial charge in [0.25, 0.3) is 0 Å². The highest BCUT2D eigenvalue weighted by molar-refractivity contribution is 6.33. The number of amides is 3. The predicted molar refractivity (Wildman–Crippen MR) is 176 cm³/mol. The standard InChI is InChI=1S/C31H35Cl2N9O4/c1-3-40(2)31(30(35)46)12-14-41(15-13-31)28-25-29(38-23(37-28)16-24(44)36-22(17-43)26(34)45)42(19-10-8-18(32)9-11-19)27(39-25)20-6-4-5-7-21(20)33/h4-11,22,43H,3,12-17H2,1-2H3,(H2,34,45)(H2,35,46)(H,36,44). The molecule has 46 heavy (non-hydrogen) atoms. The average molecular weight is 669 g/mol. The van der Waals surface area contributed by atoms with Crippen molar-refractivity contribution in [3.8, 4) is 17.1 Å². The number of carbonyl (C=O) groups excluding carboxylic acids is 3. The number of nitrogens with two attached hydrogens (primary N) is 2. The Labute approximate surface area is 275 Å². The molecule has 2 aromatic carbocycles. The summed E-state index contributed by atoms with van der Waals surface area (Å²) in [5.41, 5.74) is 12.6. The minimum absolute atomic E-state index is 0.138. The molecule has 13 nitrogen and oxygen atoms in total. The monoisotopic (exact) mass is 667 g/mol. The number of nitrogens with one attached hydrogen (secondary N) is 1. The van der Waals surface area contributed by atoms with Gasteiger partial charge in [0, 0.05) is 29.4 Å². The minimum atomic E-state index is -1.26. The summed E-state index contributed by atoms with van der Waals surface area (Å²) in [6.07, 6.45) is 0.567. The van der Waals surface area contributed by atoms with E-state index in [0.717, 1.165) is 0 Å². The molecule has 1 saturated heterocycles. The fourth-order valence-corrected chi connectivity index (χ4v) is 6.09. The molecule has 3 amide bonds. The van der Waals surface area contributed by atoms with Crippen molar-refractivity contribution in [2.24, 2.45) is 11.5 Å². The van der Waals surface area contributed by atoms with E-state index in [0.29, 0.717) is 76.6 Å². The topological polar surface area (TPSA) is 186 Å². The summed E-state index contributed by atoms with van der Waals surface area (Å²) in [6.45, 7) is 2.82. The summed E-state index contributed by atoms with van der Waals surface area (Å²) in [5.74, 6) is -0.783. The van der Waals surface area contributed by atoms with Crippen molar-refractivity contribution < 1.29 is 19.5 Å². The first-order valence-corrected chi connectivity index (χ1v) is 15.5. The van der Waals surface area contributed by atoms with Crippen LogP contribution in [0.5, 0.6) is 0 Å². The first kappa shape index (κ1) is 33.1. The van der Waals surface area contributed by atoms with Gasteiger partial charge in [0.2, 0.25) is 17.7 Å². The Bertz CT molecular complexity index is 1770. The number of likely N-dealkylation sites (N-methyl/N-ethyl adjacent to an activating group) is 1. The van der Waals surface area contributed by atoms with E-state index < -0.39 is 30.0 Å². The number of piperidine rings is 1. The number of aliphatic hydroxyl groups excluding tert-OH is 1. The number of hydrogen-bond acceptors (Lipinski definition) is 9. The van der Waals surface area contributed by atoms with E-state index >= 15 is 0 Å². The SMILES string of the molecule is CCN(C)C1(C(N)=O)CCN(c2nc(CC(=O)NC(CO)C(N)=O)nc3c2nc(-c2ccccc2Cl)n3-c2ccc(Cl)cc2)CC1. The van der Waals surface area contributed by atoms with Crippen LogP contribution in [0.3, 0.4) is 0 Å². The number of nitrogens with zero attached hydrogens (tertiary/aromatic N) is 6. The molecule has 15 heteroatoms. The molecule has 5 rings (SSSR count). The Kier molecular flexibility index (Phi) is 9.77. The van der Waals surface area contributed by atoms with Gasteiger partial charge in [0.05, 0.1) is 18.1 Å². The third-order valence-corrected chi connectivity index (χ3v) is 9.05. The van der Waals surface area contributed by atoms with Crippen LogP contribution in [-0.2, 0) is 20.8 Å². The Balaban J connectivity index is 1.69. The molecular weight excluding hydrogens is 633 g/mol. The molecule has 2 aromatic heterocycles. The number of rotatable bonds is 11. The Morgan fingerprint density at radius 3 is 2.30 bits per heavy atom. The molecule has 1 aliphatic heterocycles. The summed E-state index contributed by atoms with van der Waals surface area (Å²) in [5, 5.41) is 12.9. The maximum absolute atomic E-state index is 13.0. The Morgan fingerprint density at radius 2 is 1.72 bits per heavy atom. The maximum atomic E-state index is 13.0. The summed E-state index contributed by atoms with van der Waals surface area (Å²) >= 11 is 12.9. The molecule has 4 aromatic rings. The van der Waals surface area contributed by atoms with Gasteiger partial charge < -0.3 is 26.8 Å². The number of imidazole rings is 1. The van der Waals surface area contributed by atoms with E-state index in [9.17, 15) is 19.5 Å². The van der Waals surface area contributed by atoms with Gasteiger partial charge in [-0.2, -0.15) is 0 Å². The van der Waals surface area contributed by atoms with Gasteiger partial charge in [-0.25, -0.2) is 15.0 Å². The van der Waals surface area contributed by atoms with Crippen LogP contribution in [-0.4, -0.2) is 92.1 Å². The van der Waals surface area contributed by atoms with Crippen molar-refractivity contribution in [2.75, 3.05) is 38.2 Å². The van der Waals surface area contributed by atoms with Crippen molar-refractivity contribution in [2.45, 2.75) is 37.8 Å². The van der Waals surface area contributed by atoms with E-state index in [2.05, 4.69) is 5.32 Å². The maximum Gasteiger partial charge on any atom is 0.242 e. The van der Waals surface area contributed by atoms with Gasteiger partial charge in [-0.05, 0) is 62.8 Å². The van der Waals surface area contributed by atoms with E-state index in [1.807, 2.05) is 58.7 Å². The van der Waals surface area contributed by atoms with Crippen LogP contribution in [0.1, 0.15) is 25.6 Å². The Hall–Kier alpha value is -4.30. The molecular formula is C31H35Cl2N9O4. The number of aliphatic hydroxyl groups is 1. The van der Waals surface area contributed by atoms with Crippen LogP contribution in [0.2, 0.25) is 10.0 Å². The molecule has 6 N–H and O–H groups in total. The van der Waals surface area contributed by atoms with E-state index in [1.54, 1.807) is 18.2 Å². The van der Waals surface area contributed by atoms with Crippen molar-refractivity contribution >= 4 is 57.9 Å². The molecule has 0 saturated carbocycles. The number of hydrogen-bond donors (Lipinski definition) is 4. The molecule has 3 heterocycles. The normalized spacial score (nSPS) is 15.2. The van der Waals surface area contributed by atoms with Gasteiger partial charge in [-0.1, -0.05) is 42.3 Å². The van der Waals surface area contributed by atoms with Crippen LogP contribution in [0.25, 0.3) is 28.2 Å². The van der Waals surface area contributed by atoms with Gasteiger partial charge >= 0.3 is 0 Å². The zero-order valence-corrected chi connectivity index (χ0v) is 26.9. The van der Waals surface area contributed by atoms with Crippen LogP contribution < -0.4 is 21.7 Å². The highest BCUT2D eigenvalue weighted by Crippen LogP contribution is 2.37. The van der Waals surface area contributed by atoms with Crippen molar-refractivity contribution in [1.29, 1.82) is 0 Å². The fourth-order valence-electron chi connectivity index (χ4n) is 5.75. The van der Waals surface area contributed by atoms with Gasteiger partial charge in [-0.15, -0.1) is 0 Å². The van der Waals surface area contributed by atoms with Crippen LogP contribution in [0, 0.1) is 0 Å². The summed E-state index contributed by atoms with van der Waals surface area (Å²) in [4.78, 5) is 55.9. The largest absolute Gasteiger partial charge is 0.394 e. The number of aromatic nitrogens is 4. The molecule has 0 bridgehead atoms. The molecule has 1 fully saturated rings. The first-order valence-electron chi connectivity index (χ1n) is 14.7. The number of anilines is 1. The molecule has 1 atom stereocenters. The van der Waals surface area contributed by atoms with Gasteiger partial charge in [0.15, 0.2) is 17.0 Å². The second-order valence-corrected chi connectivity index (χ2v) is 12.0. The molecule has 1 unspecified atom stereocenters. The first-order chi connectivity index (χ1) is 22.0. The second kappa shape index (κ2) is 13.6. The second-order valence-electron chi connectivity index (χ2n) is 11.1. The average Bonchev–Trinajstić information content (AvgIpc) is 3.42. The lowest BCUT2D eigenvalue weighted by molar-refractivity contribution is -0.130. The van der Waals surface area contributed by atoms with E-state index in [-0.39, 0.29) is 18.2 Å². The highest BCUT2D eigenvalue weighted by atomic mass is 35.5. The number of benzene rings is 2. The molecule has 0 radical (unpaired) electrons. The number of fused-ring (bicyclic) bond motifs is 1. The molecule has 0 aliphatic carbocycles. The number of primary amides is 2.